The highest BCUT2D eigenvalue weighted by Crippen LogP contribution is 2.24. The van der Waals surface area contributed by atoms with Crippen LogP contribution in [0.1, 0.15) is 18.4 Å². The SMILES string of the molecule is O=C(Cc1cccc(F)c1Cl)CC1CCS(=O)(=O)C1. The summed E-state index contributed by atoms with van der Waals surface area (Å²) >= 11 is 5.78. The van der Waals surface area contributed by atoms with E-state index >= 15 is 0 Å². The fraction of sp³-hybridized carbons (Fsp3) is 0.462. The van der Waals surface area contributed by atoms with E-state index in [4.69, 9.17) is 11.6 Å². The van der Waals surface area contributed by atoms with Crippen molar-refractivity contribution in [2.75, 3.05) is 11.5 Å². The van der Waals surface area contributed by atoms with Gasteiger partial charge in [0.25, 0.3) is 0 Å². The summed E-state index contributed by atoms with van der Waals surface area (Å²) < 4.78 is 35.8. The lowest BCUT2D eigenvalue weighted by Crippen LogP contribution is -2.12. The highest BCUT2D eigenvalue weighted by molar-refractivity contribution is 7.91. The first kappa shape index (κ1) is 14.5. The predicted molar refractivity (Wildman–Crippen MR) is 71.5 cm³/mol. The van der Waals surface area contributed by atoms with E-state index in [0.717, 1.165) is 0 Å². The van der Waals surface area contributed by atoms with Crippen LogP contribution in [0.25, 0.3) is 0 Å². The highest BCUT2D eigenvalue weighted by Gasteiger charge is 2.29. The summed E-state index contributed by atoms with van der Waals surface area (Å²) in [5.74, 6) is -0.517. The normalized spacial score (nSPS) is 21.5. The van der Waals surface area contributed by atoms with Gasteiger partial charge >= 0.3 is 0 Å². The van der Waals surface area contributed by atoms with Crippen LogP contribution < -0.4 is 0 Å². The van der Waals surface area contributed by atoms with E-state index in [2.05, 4.69) is 0 Å². The van der Waals surface area contributed by atoms with Crippen LogP contribution in [-0.2, 0) is 21.1 Å². The Labute approximate surface area is 116 Å². The number of carbonyl (C=O) groups excluding carboxylic acids is 1. The smallest absolute Gasteiger partial charge is 0.150 e. The molecule has 1 atom stereocenters. The molecule has 2 rings (SSSR count). The van der Waals surface area contributed by atoms with Gasteiger partial charge in [-0.25, -0.2) is 12.8 Å². The second-order valence-electron chi connectivity index (χ2n) is 4.90. The van der Waals surface area contributed by atoms with Crippen LogP contribution in [-0.4, -0.2) is 25.7 Å². The van der Waals surface area contributed by atoms with Crippen molar-refractivity contribution in [2.45, 2.75) is 19.3 Å². The molecule has 3 nitrogen and oxygen atoms in total. The topological polar surface area (TPSA) is 51.2 Å². The standard InChI is InChI=1S/C13H14ClFO3S/c14-13-10(2-1-3-12(13)15)7-11(16)6-9-4-5-19(17,18)8-9/h1-3,9H,4-8H2. The van der Waals surface area contributed by atoms with Crippen molar-refractivity contribution in [1.82, 2.24) is 0 Å². The van der Waals surface area contributed by atoms with Crippen molar-refractivity contribution in [3.05, 3.63) is 34.6 Å². The number of carbonyl (C=O) groups is 1. The number of Topliss-reactive ketones (excluding diaryl/α,β-unsaturated/α-hetero) is 1. The molecule has 19 heavy (non-hydrogen) atoms. The van der Waals surface area contributed by atoms with Gasteiger partial charge in [-0.1, -0.05) is 23.7 Å². The van der Waals surface area contributed by atoms with Crippen molar-refractivity contribution in [3.8, 4) is 0 Å². The molecule has 1 aliphatic heterocycles. The van der Waals surface area contributed by atoms with Gasteiger partial charge in [-0.05, 0) is 24.0 Å². The Kier molecular flexibility index (Phi) is 4.26. The van der Waals surface area contributed by atoms with E-state index in [1.54, 1.807) is 6.07 Å². The molecule has 6 heteroatoms. The van der Waals surface area contributed by atoms with E-state index in [-0.39, 0.29) is 41.1 Å². The number of halogens is 2. The van der Waals surface area contributed by atoms with Gasteiger partial charge < -0.3 is 0 Å². The fourth-order valence-electron chi connectivity index (χ4n) is 2.32. The van der Waals surface area contributed by atoms with Crippen LogP contribution >= 0.6 is 11.6 Å². The van der Waals surface area contributed by atoms with Crippen molar-refractivity contribution >= 4 is 27.2 Å². The molecular formula is C13H14ClFO3S. The van der Waals surface area contributed by atoms with Crippen LogP contribution in [0.2, 0.25) is 5.02 Å². The summed E-state index contributed by atoms with van der Waals surface area (Å²) in [4.78, 5) is 11.9. The van der Waals surface area contributed by atoms with E-state index in [9.17, 15) is 17.6 Å². The molecule has 1 heterocycles. The van der Waals surface area contributed by atoms with Crippen molar-refractivity contribution in [3.63, 3.8) is 0 Å². The molecule has 1 aliphatic rings. The highest BCUT2D eigenvalue weighted by atomic mass is 35.5. The van der Waals surface area contributed by atoms with Gasteiger partial charge in [0.2, 0.25) is 0 Å². The minimum atomic E-state index is -2.97. The van der Waals surface area contributed by atoms with Crippen LogP contribution in [0.15, 0.2) is 18.2 Å². The number of ketones is 1. The molecule has 0 bridgehead atoms. The van der Waals surface area contributed by atoms with Crippen LogP contribution in [0.4, 0.5) is 4.39 Å². The molecule has 1 unspecified atom stereocenters. The molecule has 0 aromatic heterocycles. The first-order valence-corrected chi connectivity index (χ1v) is 8.22. The fourth-order valence-corrected chi connectivity index (χ4v) is 4.38. The van der Waals surface area contributed by atoms with Crippen LogP contribution in [0.5, 0.6) is 0 Å². The Balaban J connectivity index is 1.97. The number of rotatable bonds is 4. The molecule has 1 fully saturated rings. The molecule has 1 aromatic carbocycles. The third-order valence-electron chi connectivity index (χ3n) is 3.26. The quantitative estimate of drug-likeness (QED) is 0.858. The summed E-state index contributed by atoms with van der Waals surface area (Å²) in [6, 6.07) is 4.35. The van der Waals surface area contributed by atoms with Gasteiger partial charge in [0.1, 0.15) is 11.6 Å². The molecule has 0 aliphatic carbocycles. The predicted octanol–water partition coefficient (Wildman–Crippen LogP) is 2.42. The number of hydrogen-bond acceptors (Lipinski definition) is 3. The number of sulfone groups is 1. The second kappa shape index (κ2) is 5.59. The van der Waals surface area contributed by atoms with Gasteiger partial charge in [-0.3, -0.25) is 4.79 Å². The van der Waals surface area contributed by atoms with Crippen molar-refractivity contribution < 1.29 is 17.6 Å². The average Bonchev–Trinajstić information content (AvgIpc) is 2.64. The molecule has 0 spiro atoms. The lowest BCUT2D eigenvalue weighted by Gasteiger charge is -2.08. The van der Waals surface area contributed by atoms with E-state index in [0.29, 0.717) is 12.0 Å². The minimum Gasteiger partial charge on any atom is -0.299 e. The molecule has 0 radical (unpaired) electrons. The molecule has 0 saturated carbocycles. The zero-order valence-electron chi connectivity index (χ0n) is 10.2. The third kappa shape index (κ3) is 3.76. The summed E-state index contributed by atoms with van der Waals surface area (Å²) in [7, 11) is -2.97. The van der Waals surface area contributed by atoms with Gasteiger partial charge in [0, 0.05) is 12.8 Å². The molecule has 0 N–H and O–H groups in total. The van der Waals surface area contributed by atoms with Crippen molar-refractivity contribution in [2.24, 2.45) is 5.92 Å². The van der Waals surface area contributed by atoms with Gasteiger partial charge in [0.15, 0.2) is 9.84 Å². The maximum atomic E-state index is 13.2. The zero-order chi connectivity index (χ0) is 14.0. The van der Waals surface area contributed by atoms with Crippen LogP contribution in [0.3, 0.4) is 0 Å². The molecular weight excluding hydrogens is 291 g/mol. The van der Waals surface area contributed by atoms with Crippen LogP contribution in [0, 0.1) is 11.7 Å². The maximum absolute atomic E-state index is 13.2. The summed E-state index contributed by atoms with van der Waals surface area (Å²) in [6.07, 6.45) is 0.796. The summed E-state index contributed by atoms with van der Waals surface area (Å²) in [5.41, 5.74) is 0.451. The van der Waals surface area contributed by atoms with Gasteiger partial charge in [0.05, 0.1) is 16.5 Å². The Hall–Kier alpha value is -0.940. The Morgan fingerprint density at radius 1 is 1.42 bits per heavy atom. The largest absolute Gasteiger partial charge is 0.299 e. The van der Waals surface area contributed by atoms with Gasteiger partial charge in [-0.2, -0.15) is 0 Å². The molecule has 0 amide bonds. The summed E-state index contributed by atoms with van der Waals surface area (Å²) in [6.45, 7) is 0. The lowest BCUT2D eigenvalue weighted by molar-refractivity contribution is -0.119. The Morgan fingerprint density at radius 2 is 2.16 bits per heavy atom. The summed E-state index contributed by atoms with van der Waals surface area (Å²) in [5, 5.41) is -0.0325. The minimum absolute atomic E-state index is 0.0325. The Morgan fingerprint density at radius 3 is 2.79 bits per heavy atom. The first-order valence-electron chi connectivity index (χ1n) is 6.02. The zero-order valence-corrected chi connectivity index (χ0v) is 11.8. The molecule has 1 aromatic rings. The maximum Gasteiger partial charge on any atom is 0.150 e. The number of benzene rings is 1. The van der Waals surface area contributed by atoms with E-state index in [1.807, 2.05) is 0 Å². The monoisotopic (exact) mass is 304 g/mol. The lowest BCUT2D eigenvalue weighted by atomic mass is 9.98. The van der Waals surface area contributed by atoms with E-state index < -0.39 is 15.7 Å². The second-order valence-corrected chi connectivity index (χ2v) is 7.51. The average molecular weight is 305 g/mol. The van der Waals surface area contributed by atoms with E-state index in [1.165, 1.54) is 12.1 Å². The number of hydrogen-bond donors (Lipinski definition) is 0. The van der Waals surface area contributed by atoms with Crippen molar-refractivity contribution in [1.29, 1.82) is 0 Å². The third-order valence-corrected chi connectivity index (χ3v) is 5.52. The molecule has 104 valence electrons. The van der Waals surface area contributed by atoms with Gasteiger partial charge in [-0.15, -0.1) is 0 Å². The molecule has 1 saturated heterocycles. The first-order chi connectivity index (χ1) is 8.87. The Bertz CT molecular complexity index is 598.